The molecule has 0 saturated carbocycles. The monoisotopic (exact) mass is 402 g/mol. The molecule has 0 aromatic heterocycles. The number of piperidine rings is 1. The number of amides is 1. The lowest BCUT2D eigenvalue weighted by Crippen LogP contribution is -2.41. The van der Waals surface area contributed by atoms with E-state index in [4.69, 9.17) is 4.74 Å². The summed E-state index contributed by atoms with van der Waals surface area (Å²) in [6.07, 6.45) is 1.05. The Morgan fingerprint density at radius 2 is 1.82 bits per heavy atom. The van der Waals surface area contributed by atoms with Crippen LogP contribution in [-0.2, 0) is 20.6 Å². The van der Waals surface area contributed by atoms with Crippen molar-refractivity contribution in [1.29, 1.82) is 0 Å². The molecule has 1 amide bonds. The fourth-order valence-corrected chi connectivity index (χ4v) is 4.97. The smallest absolute Gasteiger partial charge is 0.227 e. The summed E-state index contributed by atoms with van der Waals surface area (Å²) >= 11 is 0. The van der Waals surface area contributed by atoms with Gasteiger partial charge in [0.25, 0.3) is 0 Å². The molecule has 6 nitrogen and oxygen atoms in total. The Morgan fingerprint density at radius 3 is 2.43 bits per heavy atom. The summed E-state index contributed by atoms with van der Waals surface area (Å²) in [5, 5.41) is 2.90. The summed E-state index contributed by atoms with van der Waals surface area (Å²) in [4.78, 5) is 12.5. The van der Waals surface area contributed by atoms with Crippen molar-refractivity contribution in [2.45, 2.75) is 25.5 Å². The first-order valence-corrected chi connectivity index (χ1v) is 11.0. The molecule has 28 heavy (non-hydrogen) atoms. The number of sulfonamides is 1. The molecule has 1 aliphatic heterocycles. The van der Waals surface area contributed by atoms with Gasteiger partial charge in [-0.05, 0) is 49.6 Å². The zero-order chi connectivity index (χ0) is 20.1. The molecule has 0 unspecified atom stereocenters. The number of anilines is 1. The number of aryl methyl sites for hydroxylation is 1. The molecule has 1 N–H and O–H groups in total. The van der Waals surface area contributed by atoms with E-state index in [2.05, 4.69) is 5.32 Å². The Bertz CT molecular complexity index is 918. The number of hydrogen-bond donors (Lipinski definition) is 1. The van der Waals surface area contributed by atoms with Crippen LogP contribution in [0.3, 0.4) is 0 Å². The molecule has 1 saturated heterocycles. The lowest BCUT2D eigenvalue weighted by atomic mass is 9.97. The maximum Gasteiger partial charge on any atom is 0.227 e. The number of ether oxygens (including phenoxy) is 1. The normalized spacial score (nSPS) is 15.9. The third kappa shape index (κ3) is 5.11. The summed E-state index contributed by atoms with van der Waals surface area (Å²) in [6, 6.07) is 14.7. The minimum Gasteiger partial charge on any atom is -0.497 e. The first-order chi connectivity index (χ1) is 13.4. The molecule has 1 fully saturated rings. The van der Waals surface area contributed by atoms with Crippen LogP contribution in [0, 0.1) is 12.8 Å². The van der Waals surface area contributed by atoms with Gasteiger partial charge in [0.15, 0.2) is 0 Å². The first-order valence-electron chi connectivity index (χ1n) is 9.35. The highest BCUT2D eigenvalue weighted by Gasteiger charge is 2.31. The molecule has 0 aliphatic carbocycles. The zero-order valence-electron chi connectivity index (χ0n) is 16.2. The number of rotatable bonds is 6. The summed E-state index contributed by atoms with van der Waals surface area (Å²) in [6.45, 7) is 2.69. The van der Waals surface area contributed by atoms with Crippen molar-refractivity contribution < 1.29 is 17.9 Å². The quantitative estimate of drug-likeness (QED) is 0.805. The molecule has 0 spiro atoms. The van der Waals surface area contributed by atoms with Crippen molar-refractivity contribution in [2.75, 3.05) is 25.5 Å². The SMILES string of the molecule is COc1ccc(NC(=O)C2CCN(S(=O)(=O)Cc3cccc(C)c3)CC2)cc1. The van der Waals surface area contributed by atoms with E-state index in [-0.39, 0.29) is 17.6 Å². The number of hydrogen-bond acceptors (Lipinski definition) is 4. The maximum atomic E-state index is 12.7. The van der Waals surface area contributed by atoms with Gasteiger partial charge in [-0.3, -0.25) is 4.79 Å². The van der Waals surface area contributed by atoms with Gasteiger partial charge < -0.3 is 10.1 Å². The molecule has 3 rings (SSSR count). The maximum absolute atomic E-state index is 12.7. The number of carbonyl (C=O) groups excluding carboxylic acids is 1. The largest absolute Gasteiger partial charge is 0.497 e. The number of methoxy groups -OCH3 is 1. The fraction of sp³-hybridized carbons (Fsp3) is 0.381. The van der Waals surface area contributed by atoms with Gasteiger partial charge in [-0.15, -0.1) is 0 Å². The summed E-state index contributed by atoms with van der Waals surface area (Å²) in [5.41, 5.74) is 2.54. The van der Waals surface area contributed by atoms with Crippen molar-refractivity contribution in [1.82, 2.24) is 4.31 Å². The molecule has 1 heterocycles. The highest BCUT2D eigenvalue weighted by atomic mass is 32.2. The Hall–Kier alpha value is -2.38. The van der Waals surface area contributed by atoms with Crippen LogP contribution in [-0.4, -0.2) is 38.8 Å². The van der Waals surface area contributed by atoms with Crippen LogP contribution in [0.4, 0.5) is 5.69 Å². The molecule has 2 aromatic rings. The standard InChI is InChI=1S/C21H26N2O4S/c1-16-4-3-5-17(14-16)15-28(25,26)23-12-10-18(11-13-23)21(24)22-19-6-8-20(27-2)9-7-19/h3-9,14,18H,10-13,15H2,1-2H3,(H,22,24). The molecule has 7 heteroatoms. The highest BCUT2D eigenvalue weighted by molar-refractivity contribution is 7.88. The predicted octanol–water partition coefficient (Wildman–Crippen LogP) is 3.18. The van der Waals surface area contributed by atoms with Crippen molar-refractivity contribution in [2.24, 2.45) is 5.92 Å². The van der Waals surface area contributed by atoms with Gasteiger partial charge in [0.2, 0.25) is 15.9 Å². The van der Waals surface area contributed by atoms with Crippen molar-refractivity contribution in [3.8, 4) is 5.75 Å². The lowest BCUT2D eigenvalue weighted by molar-refractivity contribution is -0.120. The van der Waals surface area contributed by atoms with E-state index in [0.29, 0.717) is 31.6 Å². The molecular formula is C21H26N2O4S. The van der Waals surface area contributed by atoms with E-state index in [1.165, 1.54) is 4.31 Å². The van der Waals surface area contributed by atoms with Gasteiger partial charge in [-0.2, -0.15) is 0 Å². The van der Waals surface area contributed by atoms with Crippen LogP contribution >= 0.6 is 0 Å². The summed E-state index contributed by atoms with van der Waals surface area (Å²) < 4.78 is 32.0. The number of carbonyl (C=O) groups is 1. The molecule has 150 valence electrons. The molecule has 1 aliphatic rings. The van der Waals surface area contributed by atoms with Crippen molar-refractivity contribution in [3.05, 3.63) is 59.7 Å². The lowest BCUT2D eigenvalue weighted by Gasteiger charge is -2.30. The van der Waals surface area contributed by atoms with Crippen molar-refractivity contribution >= 4 is 21.6 Å². The van der Waals surface area contributed by atoms with Crippen molar-refractivity contribution in [3.63, 3.8) is 0 Å². The molecule has 0 radical (unpaired) electrons. The second kappa shape index (κ2) is 8.75. The third-order valence-corrected chi connectivity index (χ3v) is 6.86. The minimum absolute atomic E-state index is 0.00259. The third-order valence-electron chi connectivity index (χ3n) is 5.01. The second-order valence-electron chi connectivity index (χ2n) is 7.14. The van der Waals surface area contributed by atoms with Gasteiger partial charge in [-0.25, -0.2) is 12.7 Å². The van der Waals surface area contributed by atoms with Gasteiger partial charge in [-0.1, -0.05) is 29.8 Å². The Morgan fingerprint density at radius 1 is 1.14 bits per heavy atom. The van der Waals surface area contributed by atoms with Gasteiger partial charge in [0.1, 0.15) is 5.75 Å². The summed E-state index contributed by atoms with van der Waals surface area (Å²) in [7, 11) is -1.79. The molecular weight excluding hydrogens is 376 g/mol. The molecule has 2 aromatic carbocycles. The van der Waals surface area contributed by atoms with Gasteiger partial charge >= 0.3 is 0 Å². The van der Waals surface area contributed by atoms with E-state index < -0.39 is 10.0 Å². The second-order valence-corrected chi connectivity index (χ2v) is 9.11. The van der Waals surface area contributed by atoms with Crippen LogP contribution in [0.5, 0.6) is 5.75 Å². The highest BCUT2D eigenvalue weighted by Crippen LogP contribution is 2.24. The van der Waals surface area contributed by atoms with Crippen LogP contribution in [0.1, 0.15) is 24.0 Å². The van der Waals surface area contributed by atoms with Crippen LogP contribution in [0.25, 0.3) is 0 Å². The van der Waals surface area contributed by atoms with Crippen LogP contribution in [0.15, 0.2) is 48.5 Å². The average molecular weight is 403 g/mol. The van der Waals surface area contributed by atoms with E-state index in [1.54, 1.807) is 31.4 Å². The van der Waals surface area contributed by atoms with Crippen LogP contribution < -0.4 is 10.1 Å². The van der Waals surface area contributed by atoms with E-state index in [1.807, 2.05) is 31.2 Å². The van der Waals surface area contributed by atoms with E-state index in [0.717, 1.165) is 16.9 Å². The topological polar surface area (TPSA) is 75.7 Å². The average Bonchev–Trinajstić information content (AvgIpc) is 2.68. The fourth-order valence-electron chi connectivity index (χ4n) is 3.42. The number of nitrogens with one attached hydrogen (secondary N) is 1. The van der Waals surface area contributed by atoms with Gasteiger partial charge in [0.05, 0.1) is 12.9 Å². The Kier molecular flexibility index (Phi) is 6.36. The molecule has 0 bridgehead atoms. The summed E-state index contributed by atoms with van der Waals surface area (Å²) in [5.74, 6) is 0.468. The van der Waals surface area contributed by atoms with Gasteiger partial charge in [0, 0.05) is 24.7 Å². The van der Waals surface area contributed by atoms with E-state index in [9.17, 15) is 13.2 Å². The molecule has 0 atom stereocenters. The minimum atomic E-state index is -3.38. The number of nitrogens with zero attached hydrogens (tertiary/aromatic N) is 1. The Labute approximate surface area is 166 Å². The number of benzene rings is 2. The predicted molar refractivity (Wildman–Crippen MR) is 110 cm³/mol. The van der Waals surface area contributed by atoms with E-state index >= 15 is 0 Å². The van der Waals surface area contributed by atoms with Crippen LogP contribution in [0.2, 0.25) is 0 Å². The first kappa shape index (κ1) is 20.4. The Balaban J connectivity index is 1.54. The zero-order valence-corrected chi connectivity index (χ0v) is 17.0.